The first-order chi connectivity index (χ1) is 14.7. The molecule has 3 aromatic rings. The zero-order chi connectivity index (χ0) is 22.2. The lowest BCUT2D eigenvalue weighted by molar-refractivity contribution is -0.144. The molecule has 1 unspecified atom stereocenters. The number of hydrogen-bond acceptors (Lipinski definition) is 6. The van der Waals surface area contributed by atoms with Crippen molar-refractivity contribution in [1.82, 2.24) is 4.98 Å². The summed E-state index contributed by atoms with van der Waals surface area (Å²) in [6.07, 6.45) is -0.0789. The Kier molecular flexibility index (Phi) is 6.76. The molecule has 31 heavy (non-hydrogen) atoms. The van der Waals surface area contributed by atoms with Crippen molar-refractivity contribution in [2.75, 3.05) is 19.8 Å². The van der Waals surface area contributed by atoms with Gasteiger partial charge >= 0.3 is 0 Å². The lowest BCUT2D eigenvalue weighted by Crippen LogP contribution is -2.25. The number of aromatic nitrogens is 1. The van der Waals surface area contributed by atoms with Gasteiger partial charge in [0.2, 0.25) is 0 Å². The Labute approximate surface area is 196 Å². The summed E-state index contributed by atoms with van der Waals surface area (Å²) in [7, 11) is 0. The fourth-order valence-electron chi connectivity index (χ4n) is 3.48. The molecule has 4 rings (SSSR count). The van der Waals surface area contributed by atoms with Gasteiger partial charge in [0.05, 0.1) is 23.4 Å². The lowest BCUT2D eigenvalue weighted by atomic mass is 9.96. The molecule has 1 atom stereocenters. The molecule has 2 heterocycles. The van der Waals surface area contributed by atoms with Gasteiger partial charge in [-0.2, -0.15) is 0 Å². The van der Waals surface area contributed by atoms with Crippen molar-refractivity contribution < 1.29 is 23.4 Å². The molecule has 1 fully saturated rings. The summed E-state index contributed by atoms with van der Waals surface area (Å²) in [4.78, 5) is 17.1. The van der Waals surface area contributed by atoms with Crippen LogP contribution in [-0.2, 0) is 20.6 Å². The first kappa shape index (κ1) is 22.8. The number of halogens is 3. The van der Waals surface area contributed by atoms with Gasteiger partial charge in [0.1, 0.15) is 18.2 Å². The molecule has 2 aromatic carbocycles. The number of nitrogens with zero attached hydrogens (tertiary/aromatic N) is 1. The third-order valence-electron chi connectivity index (χ3n) is 4.96. The third kappa shape index (κ3) is 5.16. The van der Waals surface area contributed by atoms with Crippen molar-refractivity contribution in [3.05, 3.63) is 61.8 Å². The molecule has 9 heteroatoms. The van der Waals surface area contributed by atoms with E-state index in [1.807, 2.05) is 19.9 Å². The Morgan fingerprint density at radius 3 is 2.94 bits per heavy atom. The number of Topliss-reactive ketones (excluding diaryl/α,β-unsaturated/α-hetero) is 1. The monoisotopic (exact) mass is 527 g/mol. The zero-order valence-corrected chi connectivity index (χ0v) is 20.1. The minimum absolute atomic E-state index is 0.167. The highest BCUT2D eigenvalue weighted by Gasteiger charge is 2.32. The first-order valence-corrected chi connectivity index (χ1v) is 11.7. The van der Waals surface area contributed by atoms with Crippen LogP contribution in [0.25, 0.3) is 10.2 Å². The molecule has 1 saturated heterocycles. The van der Waals surface area contributed by atoms with Crippen LogP contribution >= 0.6 is 38.9 Å². The Morgan fingerprint density at radius 2 is 2.23 bits per heavy atom. The Balaban J connectivity index is 1.57. The van der Waals surface area contributed by atoms with E-state index in [1.54, 1.807) is 23.7 Å². The molecule has 0 N–H and O–H groups in total. The summed E-state index contributed by atoms with van der Waals surface area (Å²) in [6, 6.07) is 7.06. The normalized spacial score (nSPS) is 18.0. The van der Waals surface area contributed by atoms with E-state index in [0.717, 1.165) is 4.47 Å². The smallest absolute Gasteiger partial charge is 0.188 e. The molecule has 0 amide bonds. The van der Waals surface area contributed by atoms with Gasteiger partial charge in [-0.25, -0.2) is 9.37 Å². The second-order valence-electron chi connectivity index (χ2n) is 7.72. The number of hydrogen-bond donors (Lipinski definition) is 0. The number of thiazole rings is 1. The van der Waals surface area contributed by atoms with E-state index >= 15 is 4.39 Å². The standard InChI is InChI=1S/C22H20BrClFNO4S/c1-22(2)29-9-14(30-22)8-28-10-18(27)15-7-19-21(26-11-31-19)20(25)16(15)5-12-3-4-13(23)6-17(12)24/h3-4,6-7,11,14H,5,8-10H2,1-2H3. The van der Waals surface area contributed by atoms with Crippen LogP contribution in [0.2, 0.25) is 5.02 Å². The van der Waals surface area contributed by atoms with Gasteiger partial charge in [-0.05, 0) is 37.6 Å². The summed E-state index contributed by atoms with van der Waals surface area (Å²) in [5.74, 6) is -1.47. The topological polar surface area (TPSA) is 57.7 Å². The molecule has 1 aliphatic heterocycles. The molecule has 0 bridgehead atoms. The van der Waals surface area contributed by atoms with Crippen molar-refractivity contribution in [3.8, 4) is 0 Å². The zero-order valence-electron chi connectivity index (χ0n) is 16.9. The molecule has 1 aliphatic rings. The predicted octanol–water partition coefficient (Wildman–Crippen LogP) is 5.79. The molecule has 5 nitrogen and oxygen atoms in total. The number of carbonyl (C=O) groups excluding carboxylic acids is 1. The maximum absolute atomic E-state index is 15.3. The highest BCUT2D eigenvalue weighted by atomic mass is 79.9. The Hall–Kier alpha value is -1.42. The maximum Gasteiger partial charge on any atom is 0.188 e. The Bertz CT molecular complexity index is 1140. The van der Waals surface area contributed by atoms with Gasteiger partial charge in [-0.15, -0.1) is 11.3 Å². The van der Waals surface area contributed by atoms with E-state index in [9.17, 15) is 4.79 Å². The third-order valence-corrected chi connectivity index (χ3v) is 6.58. The summed E-state index contributed by atoms with van der Waals surface area (Å²) >= 11 is 11.0. The summed E-state index contributed by atoms with van der Waals surface area (Å²) in [5.41, 5.74) is 3.07. The second-order valence-corrected chi connectivity index (χ2v) is 9.93. The van der Waals surface area contributed by atoms with Crippen LogP contribution in [-0.4, -0.2) is 42.5 Å². The van der Waals surface area contributed by atoms with E-state index in [4.69, 9.17) is 25.8 Å². The van der Waals surface area contributed by atoms with Gasteiger partial charge in [-0.1, -0.05) is 33.6 Å². The lowest BCUT2D eigenvalue weighted by Gasteiger charge is -2.17. The van der Waals surface area contributed by atoms with Gasteiger partial charge in [0.25, 0.3) is 0 Å². The van der Waals surface area contributed by atoms with E-state index in [0.29, 0.717) is 21.9 Å². The summed E-state index contributed by atoms with van der Waals surface area (Å²) in [6.45, 7) is 4.07. The van der Waals surface area contributed by atoms with Gasteiger partial charge < -0.3 is 14.2 Å². The average molecular weight is 529 g/mol. The molecule has 0 radical (unpaired) electrons. The molecular formula is C22H20BrClFNO4S. The SMILES string of the molecule is CC1(C)OCC(COCC(=O)c2cc3scnc3c(F)c2Cc2ccc(Br)cc2Cl)O1. The van der Waals surface area contributed by atoms with Crippen LogP contribution in [0, 0.1) is 5.82 Å². The van der Waals surface area contributed by atoms with Crippen LogP contribution in [0.5, 0.6) is 0 Å². The highest BCUT2D eigenvalue weighted by molar-refractivity contribution is 9.10. The van der Waals surface area contributed by atoms with Crippen LogP contribution in [0.4, 0.5) is 4.39 Å². The minimum atomic E-state index is -0.657. The van der Waals surface area contributed by atoms with Crippen LogP contribution < -0.4 is 0 Å². The van der Waals surface area contributed by atoms with E-state index in [2.05, 4.69) is 20.9 Å². The molecule has 0 aliphatic carbocycles. The number of rotatable bonds is 7. The first-order valence-electron chi connectivity index (χ1n) is 9.65. The van der Waals surface area contributed by atoms with Crippen LogP contribution in [0.3, 0.4) is 0 Å². The Morgan fingerprint density at radius 1 is 1.42 bits per heavy atom. The second kappa shape index (κ2) is 9.21. The molecule has 0 saturated carbocycles. The van der Waals surface area contributed by atoms with Gasteiger partial charge in [0.15, 0.2) is 17.4 Å². The van der Waals surface area contributed by atoms with Crippen LogP contribution in [0.1, 0.15) is 35.3 Å². The van der Waals surface area contributed by atoms with Crippen molar-refractivity contribution in [2.24, 2.45) is 0 Å². The summed E-state index contributed by atoms with van der Waals surface area (Å²) in [5, 5.41) is 0.489. The van der Waals surface area contributed by atoms with E-state index in [1.165, 1.54) is 11.3 Å². The average Bonchev–Trinajstić information content (AvgIpc) is 3.31. The minimum Gasteiger partial charge on any atom is -0.371 e. The number of fused-ring (bicyclic) bond motifs is 1. The molecule has 164 valence electrons. The van der Waals surface area contributed by atoms with E-state index < -0.39 is 11.6 Å². The van der Waals surface area contributed by atoms with Gasteiger partial charge in [0, 0.05) is 27.0 Å². The van der Waals surface area contributed by atoms with E-state index in [-0.39, 0.29) is 48.2 Å². The number of benzene rings is 2. The highest BCUT2D eigenvalue weighted by Crippen LogP contribution is 2.31. The molecule has 1 aromatic heterocycles. The van der Waals surface area contributed by atoms with Crippen molar-refractivity contribution in [2.45, 2.75) is 32.2 Å². The number of ketones is 1. The van der Waals surface area contributed by atoms with Crippen molar-refractivity contribution in [1.29, 1.82) is 0 Å². The number of ether oxygens (including phenoxy) is 3. The molecular weight excluding hydrogens is 509 g/mol. The number of carbonyl (C=O) groups is 1. The fraction of sp³-hybridized carbons (Fsp3) is 0.364. The quantitative estimate of drug-likeness (QED) is 0.363. The fourth-order valence-corrected chi connectivity index (χ4v) is 4.94. The predicted molar refractivity (Wildman–Crippen MR) is 122 cm³/mol. The maximum atomic E-state index is 15.3. The van der Waals surface area contributed by atoms with Crippen molar-refractivity contribution in [3.63, 3.8) is 0 Å². The molecule has 0 spiro atoms. The largest absolute Gasteiger partial charge is 0.371 e. The van der Waals surface area contributed by atoms with Gasteiger partial charge in [-0.3, -0.25) is 4.79 Å². The van der Waals surface area contributed by atoms with Crippen molar-refractivity contribution >= 4 is 54.9 Å². The van der Waals surface area contributed by atoms with Crippen LogP contribution in [0.15, 0.2) is 34.2 Å². The summed E-state index contributed by atoms with van der Waals surface area (Å²) < 4.78 is 33.5.